The molecule has 2 aromatic carbocycles. The first kappa shape index (κ1) is 19.6. The van der Waals surface area contributed by atoms with Crippen molar-refractivity contribution in [2.24, 2.45) is 0 Å². The van der Waals surface area contributed by atoms with Gasteiger partial charge < -0.3 is 10.1 Å². The van der Waals surface area contributed by atoms with E-state index >= 15 is 0 Å². The van der Waals surface area contributed by atoms with Crippen LogP contribution in [0.4, 0.5) is 14.5 Å². The number of carbonyl (C=O) groups is 2. The van der Waals surface area contributed by atoms with Crippen molar-refractivity contribution < 1.29 is 23.1 Å². The number of carbonyl (C=O) groups excluding carboxylic acids is 2. The van der Waals surface area contributed by atoms with Crippen LogP contribution in [0.25, 0.3) is 0 Å². The van der Waals surface area contributed by atoms with Crippen molar-refractivity contribution in [1.29, 1.82) is 0 Å². The maximum absolute atomic E-state index is 14.5. The molecule has 0 fully saturated rings. The van der Waals surface area contributed by atoms with Crippen LogP contribution in [0, 0.1) is 11.6 Å². The summed E-state index contributed by atoms with van der Waals surface area (Å²) < 4.78 is 33.2. The number of amides is 1. The molecule has 142 valence electrons. The molecular formula is C19H16ClF2NO3S. The molecular weight excluding hydrogens is 396 g/mol. The minimum absolute atomic E-state index is 0.0777. The molecule has 0 unspecified atom stereocenters. The quantitative estimate of drug-likeness (QED) is 0.740. The zero-order valence-corrected chi connectivity index (χ0v) is 15.9. The molecule has 4 nitrogen and oxygen atoms in total. The maximum Gasteiger partial charge on any atom is 0.307 e. The molecule has 1 heterocycles. The number of fused-ring (bicyclic) bond motifs is 1. The third-order valence-corrected chi connectivity index (χ3v) is 5.79. The zero-order chi connectivity index (χ0) is 19.6. The molecule has 0 aliphatic carbocycles. The van der Waals surface area contributed by atoms with E-state index in [0.717, 1.165) is 17.8 Å². The van der Waals surface area contributed by atoms with E-state index in [4.69, 9.17) is 16.3 Å². The van der Waals surface area contributed by atoms with Gasteiger partial charge in [-0.1, -0.05) is 23.7 Å². The van der Waals surface area contributed by atoms with Crippen LogP contribution in [-0.4, -0.2) is 23.7 Å². The molecule has 0 saturated heterocycles. The van der Waals surface area contributed by atoms with Crippen molar-refractivity contribution in [3.63, 3.8) is 0 Å². The smallest absolute Gasteiger partial charge is 0.307 e. The van der Waals surface area contributed by atoms with E-state index in [-0.39, 0.29) is 18.6 Å². The topological polar surface area (TPSA) is 55.4 Å². The average Bonchev–Trinajstić information content (AvgIpc) is 2.75. The maximum atomic E-state index is 14.5. The molecule has 1 aliphatic heterocycles. The summed E-state index contributed by atoms with van der Waals surface area (Å²) in [6.07, 6.45) is -0.181. The lowest BCUT2D eigenvalue weighted by Crippen LogP contribution is -2.27. The third kappa shape index (κ3) is 4.25. The summed E-state index contributed by atoms with van der Waals surface area (Å²) in [5.74, 6) is -2.92. The fourth-order valence-electron chi connectivity index (χ4n) is 2.85. The van der Waals surface area contributed by atoms with E-state index in [1.54, 1.807) is 25.1 Å². The zero-order valence-electron chi connectivity index (χ0n) is 14.3. The van der Waals surface area contributed by atoms with E-state index < -0.39 is 34.0 Å². The van der Waals surface area contributed by atoms with E-state index in [2.05, 4.69) is 5.32 Å². The monoisotopic (exact) mass is 411 g/mol. The summed E-state index contributed by atoms with van der Waals surface area (Å²) in [6.45, 7) is 1.86. The number of anilines is 1. The average molecular weight is 412 g/mol. The number of hydrogen-bond acceptors (Lipinski definition) is 4. The van der Waals surface area contributed by atoms with Crippen molar-refractivity contribution in [2.75, 3.05) is 11.9 Å². The molecule has 0 saturated carbocycles. The normalized spacial score (nSPS) is 19.0. The van der Waals surface area contributed by atoms with Crippen LogP contribution in [0.5, 0.6) is 0 Å². The lowest BCUT2D eigenvalue weighted by Gasteiger charge is -2.20. The molecule has 2 aromatic rings. The molecule has 2 atom stereocenters. The number of esters is 1. The molecule has 0 radical (unpaired) electrons. The van der Waals surface area contributed by atoms with Gasteiger partial charge in [0.15, 0.2) is 11.6 Å². The Hall–Kier alpha value is -2.12. The van der Waals surface area contributed by atoms with Gasteiger partial charge in [-0.2, -0.15) is 0 Å². The first-order valence-corrected chi connectivity index (χ1v) is 9.58. The van der Waals surface area contributed by atoms with Gasteiger partial charge in [0.2, 0.25) is 5.91 Å². The lowest BCUT2D eigenvalue weighted by molar-refractivity contribution is -0.143. The SMILES string of the molecule is CCOC(=O)C[C@H]1S[C@H](c2cccc(F)c2F)c2cc(Cl)ccc2NC1=O. The van der Waals surface area contributed by atoms with Crippen LogP contribution in [0.2, 0.25) is 5.02 Å². The second kappa shape index (κ2) is 8.27. The minimum atomic E-state index is -0.995. The Bertz CT molecular complexity index is 893. The molecule has 27 heavy (non-hydrogen) atoms. The largest absolute Gasteiger partial charge is 0.466 e. The number of rotatable bonds is 4. The Kier molecular flexibility index (Phi) is 6.01. The van der Waals surface area contributed by atoms with Crippen molar-refractivity contribution >= 4 is 40.9 Å². The highest BCUT2D eigenvalue weighted by Crippen LogP contribution is 2.46. The number of nitrogens with one attached hydrogen (secondary N) is 1. The molecule has 0 aromatic heterocycles. The Morgan fingerprint density at radius 3 is 2.78 bits per heavy atom. The van der Waals surface area contributed by atoms with E-state index in [1.807, 2.05) is 0 Å². The first-order chi connectivity index (χ1) is 12.9. The Morgan fingerprint density at radius 1 is 1.26 bits per heavy atom. The highest BCUT2D eigenvalue weighted by atomic mass is 35.5. The molecule has 3 rings (SSSR count). The van der Waals surface area contributed by atoms with Gasteiger partial charge in [0.05, 0.1) is 23.5 Å². The fourth-order valence-corrected chi connectivity index (χ4v) is 4.45. The van der Waals surface area contributed by atoms with Crippen LogP contribution in [-0.2, 0) is 14.3 Å². The highest BCUT2D eigenvalue weighted by molar-refractivity contribution is 8.01. The number of thioether (sulfide) groups is 1. The first-order valence-electron chi connectivity index (χ1n) is 8.26. The van der Waals surface area contributed by atoms with Crippen molar-refractivity contribution in [2.45, 2.75) is 23.8 Å². The summed E-state index contributed by atoms with van der Waals surface area (Å²) >= 11 is 7.15. The van der Waals surface area contributed by atoms with Gasteiger partial charge in [-0.25, -0.2) is 8.78 Å². The van der Waals surface area contributed by atoms with Crippen LogP contribution < -0.4 is 5.32 Å². The Morgan fingerprint density at radius 2 is 2.04 bits per heavy atom. The third-order valence-electron chi connectivity index (χ3n) is 4.07. The predicted molar refractivity (Wildman–Crippen MR) is 101 cm³/mol. The predicted octanol–water partition coefficient (Wildman–Crippen LogP) is 4.71. The summed E-state index contributed by atoms with van der Waals surface area (Å²) in [5.41, 5.74) is 1.06. The number of ether oxygens (including phenoxy) is 1. The second-order valence-electron chi connectivity index (χ2n) is 5.88. The van der Waals surface area contributed by atoms with Crippen LogP contribution >= 0.6 is 23.4 Å². The van der Waals surface area contributed by atoms with E-state index in [1.165, 1.54) is 12.1 Å². The minimum Gasteiger partial charge on any atom is -0.466 e. The second-order valence-corrected chi connectivity index (χ2v) is 7.63. The molecule has 1 amide bonds. The van der Waals surface area contributed by atoms with Crippen LogP contribution in [0.3, 0.4) is 0 Å². The van der Waals surface area contributed by atoms with E-state index in [0.29, 0.717) is 16.3 Å². The highest BCUT2D eigenvalue weighted by Gasteiger charge is 2.35. The molecule has 8 heteroatoms. The molecule has 0 bridgehead atoms. The fraction of sp³-hybridized carbons (Fsp3) is 0.263. The summed E-state index contributed by atoms with van der Waals surface area (Å²) in [4.78, 5) is 24.5. The van der Waals surface area contributed by atoms with Crippen LogP contribution in [0.15, 0.2) is 36.4 Å². The molecule has 1 N–H and O–H groups in total. The summed E-state index contributed by atoms with van der Waals surface area (Å²) in [6, 6.07) is 8.69. The van der Waals surface area contributed by atoms with Crippen molar-refractivity contribution in [3.05, 3.63) is 64.2 Å². The van der Waals surface area contributed by atoms with Gasteiger partial charge in [-0.3, -0.25) is 9.59 Å². The Balaban J connectivity index is 2.07. The van der Waals surface area contributed by atoms with Crippen molar-refractivity contribution in [1.82, 2.24) is 0 Å². The standard InChI is InChI=1S/C19H16ClF2NO3S/c1-2-26-16(24)9-15-19(25)23-14-7-6-10(20)8-12(14)18(27-15)11-4-3-5-13(21)17(11)22/h3-8,15,18H,2,9H2,1H3,(H,23,25)/t15-,18-/m1/s1. The summed E-state index contributed by atoms with van der Waals surface area (Å²) in [7, 11) is 0. The van der Waals surface area contributed by atoms with Gasteiger partial charge in [0.1, 0.15) is 0 Å². The van der Waals surface area contributed by atoms with Gasteiger partial charge in [0.25, 0.3) is 0 Å². The van der Waals surface area contributed by atoms with E-state index in [9.17, 15) is 18.4 Å². The number of benzene rings is 2. The van der Waals surface area contributed by atoms with Gasteiger partial charge in [0, 0.05) is 16.3 Å². The number of hydrogen-bond donors (Lipinski definition) is 1. The Labute approximate surface area is 164 Å². The van der Waals surface area contributed by atoms with Gasteiger partial charge in [-0.15, -0.1) is 11.8 Å². The van der Waals surface area contributed by atoms with Crippen molar-refractivity contribution in [3.8, 4) is 0 Å². The molecule has 1 aliphatic rings. The number of halogens is 3. The van der Waals surface area contributed by atoms with Gasteiger partial charge >= 0.3 is 5.97 Å². The molecule has 0 spiro atoms. The van der Waals surface area contributed by atoms with Crippen LogP contribution in [0.1, 0.15) is 29.7 Å². The lowest BCUT2D eigenvalue weighted by atomic mass is 10.0. The van der Waals surface area contributed by atoms with Gasteiger partial charge in [-0.05, 0) is 36.8 Å². The summed E-state index contributed by atoms with van der Waals surface area (Å²) in [5, 5.41) is 1.58.